The van der Waals surface area contributed by atoms with E-state index in [1.807, 2.05) is 4.90 Å². The summed E-state index contributed by atoms with van der Waals surface area (Å²) in [6.07, 6.45) is 5.67. The van der Waals surface area contributed by atoms with E-state index in [1.54, 1.807) is 0 Å². The number of aliphatic hydroxyl groups excluding tert-OH is 1. The smallest absolute Gasteiger partial charge is 0.223 e. The number of piperidine rings is 1. The number of carbonyl (C=O) groups excluding carboxylic acids is 1. The Balaban J connectivity index is 1.96. The van der Waals surface area contributed by atoms with Gasteiger partial charge < -0.3 is 20.1 Å². The van der Waals surface area contributed by atoms with Crippen LogP contribution in [0.3, 0.4) is 0 Å². The zero-order chi connectivity index (χ0) is 14.6. The quantitative estimate of drug-likeness (QED) is 0.592. The van der Waals surface area contributed by atoms with Crippen molar-refractivity contribution >= 4 is 5.91 Å². The van der Waals surface area contributed by atoms with Crippen molar-refractivity contribution in [1.82, 2.24) is 10.2 Å². The molecule has 1 atom stereocenters. The molecule has 1 rings (SSSR count). The van der Waals surface area contributed by atoms with Crippen molar-refractivity contribution in [2.75, 3.05) is 39.4 Å². The number of unbranched alkanes of at least 4 members (excludes halogenated alkanes) is 1. The van der Waals surface area contributed by atoms with Gasteiger partial charge in [-0.1, -0.05) is 13.3 Å². The van der Waals surface area contributed by atoms with Crippen LogP contribution in [0.4, 0.5) is 0 Å². The van der Waals surface area contributed by atoms with Crippen molar-refractivity contribution < 1.29 is 14.6 Å². The third-order valence-corrected chi connectivity index (χ3v) is 3.56. The Bertz CT molecular complexity index is 256. The number of likely N-dealkylation sites (tertiary alicyclic amines) is 1. The lowest BCUT2D eigenvalue weighted by Gasteiger charge is -2.26. The second kappa shape index (κ2) is 11.1. The summed E-state index contributed by atoms with van der Waals surface area (Å²) in [4.78, 5) is 13.8. The molecule has 0 aromatic carbocycles. The van der Waals surface area contributed by atoms with Gasteiger partial charge in [-0.2, -0.15) is 0 Å². The molecule has 0 bridgehead atoms. The normalized spacial score (nSPS) is 17.2. The Morgan fingerprint density at radius 2 is 2.10 bits per heavy atom. The number of amides is 1. The SMILES string of the molecule is CCCCOCC(O)CNCCC(=O)N1CCCCC1. The van der Waals surface area contributed by atoms with Gasteiger partial charge in [-0.15, -0.1) is 0 Å². The second-order valence-electron chi connectivity index (χ2n) is 5.48. The minimum Gasteiger partial charge on any atom is -0.389 e. The van der Waals surface area contributed by atoms with Gasteiger partial charge in [0.05, 0.1) is 12.7 Å². The summed E-state index contributed by atoms with van der Waals surface area (Å²) in [6.45, 7) is 6.12. The number of ether oxygens (including phenoxy) is 1. The lowest BCUT2D eigenvalue weighted by Crippen LogP contribution is -2.38. The Labute approximate surface area is 122 Å². The van der Waals surface area contributed by atoms with Crippen LogP contribution in [0, 0.1) is 0 Å². The molecule has 0 radical (unpaired) electrons. The first-order valence-corrected chi connectivity index (χ1v) is 7.98. The highest BCUT2D eigenvalue weighted by atomic mass is 16.5. The minimum absolute atomic E-state index is 0.228. The maximum absolute atomic E-state index is 11.9. The minimum atomic E-state index is -0.489. The Morgan fingerprint density at radius 1 is 1.35 bits per heavy atom. The van der Waals surface area contributed by atoms with Gasteiger partial charge in [0.15, 0.2) is 0 Å². The average molecular weight is 286 g/mol. The van der Waals surface area contributed by atoms with Crippen molar-refractivity contribution in [2.45, 2.75) is 51.6 Å². The number of carbonyl (C=O) groups is 1. The van der Waals surface area contributed by atoms with E-state index in [0.717, 1.165) is 38.8 Å². The summed E-state index contributed by atoms with van der Waals surface area (Å²) in [5, 5.41) is 12.8. The molecule has 0 spiro atoms. The first-order valence-electron chi connectivity index (χ1n) is 7.98. The molecule has 0 saturated carbocycles. The van der Waals surface area contributed by atoms with Crippen LogP contribution < -0.4 is 5.32 Å². The van der Waals surface area contributed by atoms with Crippen molar-refractivity contribution in [3.63, 3.8) is 0 Å². The molecule has 1 aliphatic heterocycles. The van der Waals surface area contributed by atoms with Gasteiger partial charge >= 0.3 is 0 Å². The lowest BCUT2D eigenvalue weighted by atomic mass is 10.1. The fourth-order valence-corrected chi connectivity index (χ4v) is 2.29. The van der Waals surface area contributed by atoms with Crippen LogP contribution in [0.1, 0.15) is 45.4 Å². The number of nitrogens with one attached hydrogen (secondary N) is 1. The van der Waals surface area contributed by atoms with Gasteiger partial charge in [0.1, 0.15) is 0 Å². The molecular formula is C15H30N2O3. The molecular weight excluding hydrogens is 256 g/mol. The standard InChI is InChI=1S/C15H30N2O3/c1-2-3-11-20-13-14(18)12-16-8-7-15(19)17-9-5-4-6-10-17/h14,16,18H,2-13H2,1H3. The highest BCUT2D eigenvalue weighted by Gasteiger charge is 2.15. The van der Waals surface area contributed by atoms with E-state index in [4.69, 9.17) is 4.74 Å². The van der Waals surface area contributed by atoms with Gasteiger partial charge in [-0.05, 0) is 25.7 Å². The van der Waals surface area contributed by atoms with E-state index in [9.17, 15) is 9.90 Å². The van der Waals surface area contributed by atoms with Crippen LogP contribution in [-0.2, 0) is 9.53 Å². The van der Waals surface area contributed by atoms with E-state index >= 15 is 0 Å². The fourth-order valence-electron chi connectivity index (χ4n) is 2.29. The van der Waals surface area contributed by atoms with E-state index in [0.29, 0.717) is 32.7 Å². The van der Waals surface area contributed by atoms with Crippen LogP contribution in [0.15, 0.2) is 0 Å². The third kappa shape index (κ3) is 7.82. The van der Waals surface area contributed by atoms with Gasteiger partial charge in [0.25, 0.3) is 0 Å². The summed E-state index contributed by atoms with van der Waals surface area (Å²) in [5.74, 6) is 0.228. The van der Waals surface area contributed by atoms with Crippen LogP contribution in [0.2, 0.25) is 0 Å². The molecule has 5 nitrogen and oxygen atoms in total. The maximum Gasteiger partial charge on any atom is 0.223 e. The molecule has 0 aliphatic carbocycles. The summed E-state index contributed by atoms with van der Waals surface area (Å²) in [7, 11) is 0. The highest BCUT2D eigenvalue weighted by Crippen LogP contribution is 2.09. The first-order chi connectivity index (χ1) is 9.74. The largest absolute Gasteiger partial charge is 0.389 e. The highest BCUT2D eigenvalue weighted by molar-refractivity contribution is 5.76. The zero-order valence-corrected chi connectivity index (χ0v) is 12.8. The molecule has 20 heavy (non-hydrogen) atoms. The Kier molecular flexibility index (Phi) is 9.62. The molecule has 5 heteroatoms. The predicted octanol–water partition coefficient (Wildman–Crippen LogP) is 1.16. The van der Waals surface area contributed by atoms with Gasteiger partial charge in [0.2, 0.25) is 5.91 Å². The van der Waals surface area contributed by atoms with E-state index in [2.05, 4.69) is 12.2 Å². The average Bonchev–Trinajstić information content (AvgIpc) is 2.49. The number of rotatable bonds is 10. The predicted molar refractivity (Wildman–Crippen MR) is 79.7 cm³/mol. The summed E-state index contributed by atoms with van der Waals surface area (Å²) in [6, 6.07) is 0. The van der Waals surface area contributed by atoms with Crippen LogP contribution in [0.5, 0.6) is 0 Å². The van der Waals surface area contributed by atoms with E-state index in [1.165, 1.54) is 6.42 Å². The van der Waals surface area contributed by atoms with Crippen LogP contribution >= 0.6 is 0 Å². The van der Waals surface area contributed by atoms with Crippen molar-refractivity contribution in [1.29, 1.82) is 0 Å². The van der Waals surface area contributed by atoms with Crippen molar-refractivity contribution in [2.24, 2.45) is 0 Å². The molecule has 1 saturated heterocycles. The molecule has 2 N–H and O–H groups in total. The zero-order valence-electron chi connectivity index (χ0n) is 12.8. The van der Waals surface area contributed by atoms with Gasteiger partial charge in [-0.25, -0.2) is 0 Å². The molecule has 1 aliphatic rings. The van der Waals surface area contributed by atoms with E-state index < -0.39 is 6.10 Å². The van der Waals surface area contributed by atoms with Crippen molar-refractivity contribution in [3.8, 4) is 0 Å². The number of aliphatic hydroxyl groups is 1. The molecule has 1 fully saturated rings. The number of hydrogen-bond acceptors (Lipinski definition) is 4. The monoisotopic (exact) mass is 286 g/mol. The van der Waals surface area contributed by atoms with Crippen LogP contribution in [-0.4, -0.2) is 61.4 Å². The summed E-state index contributed by atoms with van der Waals surface area (Å²) in [5.41, 5.74) is 0. The molecule has 1 amide bonds. The van der Waals surface area contributed by atoms with Crippen LogP contribution in [0.25, 0.3) is 0 Å². The van der Waals surface area contributed by atoms with Crippen molar-refractivity contribution in [3.05, 3.63) is 0 Å². The lowest BCUT2D eigenvalue weighted by molar-refractivity contribution is -0.132. The molecule has 0 aromatic heterocycles. The fraction of sp³-hybridized carbons (Fsp3) is 0.933. The number of nitrogens with zero attached hydrogens (tertiary/aromatic N) is 1. The topological polar surface area (TPSA) is 61.8 Å². The number of hydrogen-bond donors (Lipinski definition) is 2. The third-order valence-electron chi connectivity index (χ3n) is 3.56. The summed E-state index contributed by atoms with van der Waals surface area (Å²) >= 11 is 0. The molecule has 1 unspecified atom stereocenters. The molecule has 1 heterocycles. The molecule has 0 aromatic rings. The Morgan fingerprint density at radius 3 is 2.80 bits per heavy atom. The maximum atomic E-state index is 11.9. The Hall–Kier alpha value is -0.650. The van der Waals surface area contributed by atoms with E-state index in [-0.39, 0.29) is 5.91 Å². The molecule has 118 valence electrons. The summed E-state index contributed by atoms with van der Waals surface area (Å²) < 4.78 is 5.34. The van der Waals surface area contributed by atoms with Gasteiger partial charge in [-0.3, -0.25) is 4.79 Å². The van der Waals surface area contributed by atoms with Gasteiger partial charge in [0, 0.05) is 39.2 Å². The second-order valence-corrected chi connectivity index (χ2v) is 5.48. The first kappa shape index (κ1) is 17.4.